The Morgan fingerprint density at radius 1 is 1.56 bits per heavy atom. The highest BCUT2D eigenvalue weighted by Gasteiger charge is 2.28. The fraction of sp³-hybridized carbons (Fsp3) is 0.444. The van der Waals surface area contributed by atoms with Crippen molar-refractivity contribution in [2.24, 2.45) is 5.73 Å². The first-order chi connectivity index (χ1) is 7.68. The molecule has 1 atom stereocenters. The third-order valence-electron chi connectivity index (χ3n) is 2.44. The van der Waals surface area contributed by atoms with Crippen LogP contribution in [0.2, 0.25) is 0 Å². The number of halogens is 1. The van der Waals surface area contributed by atoms with E-state index in [1.54, 1.807) is 12.4 Å². The number of nitrogens with two attached hydrogens (primary N) is 1. The summed E-state index contributed by atoms with van der Waals surface area (Å²) >= 11 is 3.27. The second-order valence-corrected chi connectivity index (χ2v) is 4.43. The van der Waals surface area contributed by atoms with Crippen molar-refractivity contribution in [1.82, 2.24) is 15.3 Å². The Hall–Kier alpha value is -1.21. The van der Waals surface area contributed by atoms with Gasteiger partial charge in [-0.2, -0.15) is 0 Å². The Morgan fingerprint density at radius 2 is 2.25 bits per heavy atom. The number of hydrogen-bond acceptors (Lipinski definition) is 5. The van der Waals surface area contributed by atoms with E-state index in [1.165, 1.54) is 0 Å². The van der Waals surface area contributed by atoms with E-state index in [9.17, 15) is 4.79 Å². The van der Waals surface area contributed by atoms with Crippen LogP contribution >= 0.6 is 15.9 Å². The van der Waals surface area contributed by atoms with Crippen LogP contribution in [0.3, 0.4) is 0 Å². The van der Waals surface area contributed by atoms with Gasteiger partial charge in [-0.15, -0.1) is 0 Å². The number of rotatable bonds is 2. The smallest absolute Gasteiger partial charge is 0.241 e. The van der Waals surface area contributed by atoms with E-state index in [1.807, 2.05) is 4.90 Å². The van der Waals surface area contributed by atoms with Crippen LogP contribution in [-0.4, -0.2) is 41.6 Å². The second kappa shape index (κ2) is 4.75. The molecule has 1 aromatic heterocycles. The number of amides is 1. The van der Waals surface area contributed by atoms with Gasteiger partial charge in [0.2, 0.25) is 11.9 Å². The van der Waals surface area contributed by atoms with E-state index in [0.717, 1.165) is 11.0 Å². The Labute approximate surface area is 101 Å². The molecule has 16 heavy (non-hydrogen) atoms. The fourth-order valence-corrected chi connectivity index (χ4v) is 1.86. The van der Waals surface area contributed by atoms with Crippen molar-refractivity contribution in [2.45, 2.75) is 6.04 Å². The molecule has 0 radical (unpaired) electrons. The Kier molecular flexibility index (Phi) is 3.35. The summed E-state index contributed by atoms with van der Waals surface area (Å²) in [7, 11) is 0. The van der Waals surface area contributed by atoms with Gasteiger partial charge in [0, 0.05) is 32.0 Å². The number of nitrogens with zero attached hydrogens (tertiary/aromatic N) is 3. The molecule has 0 saturated carbocycles. The number of anilines is 1. The molecule has 0 bridgehead atoms. The van der Waals surface area contributed by atoms with Gasteiger partial charge in [-0.05, 0) is 15.9 Å². The van der Waals surface area contributed by atoms with Gasteiger partial charge < -0.3 is 16.0 Å². The minimum absolute atomic E-state index is 0.362. The summed E-state index contributed by atoms with van der Waals surface area (Å²) in [5.74, 6) is 0.173. The molecule has 1 aromatic rings. The molecule has 1 amide bonds. The van der Waals surface area contributed by atoms with E-state index in [-0.39, 0.29) is 11.9 Å². The molecule has 86 valence electrons. The Morgan fingerprint density at radius 3 is 2.88 bits per heavy atom. The van der Waals surface area contributed by atoms with Crippen LogP contribution in [0.4, 0.5) is 5.95 Å². The zero-order valence-corrected chi connectivity index (χ0v) is 10.1. The van der Waals surface area contributed by atoms with Crippen molar-refractivity contribution in [2.75, 3.05) is 24.5 Å². The van der Waals surface area contributed by atoms with Gasteiger partial charge in [-0.1, -0.05) is 0 Å². The monoisotopic (exact) mass is 285 g/mol. The van der Waals surface area contributed by atoms with Crippen molar-refractivity contribution < 1.29 is 4.79 Å². The van der Waals surface area contributed by atoms with Crippen LogP contribution < -0.4 is 16.0 Å². The molecule has 1 saturated heterocycles. The molecule has 2 heterocycles. The van der Waals surface area contributed by atoms with Gasteiger partial charge in [-0.3, -0.25) is 4.79 Å². The highest BCUT2D eigenvalue weighted by molar-refractivity contribution is 9.10. The highest BCUT2D eigenvalue weighted by atomic mass is 79.9. The third kappa shape index (κ3) is 2.30. The predicted octanol–water partition coefficient (Wildman–Crippen LogP) is -0.497. The number of aromatic nitrogens is 2. The quantitative estimate of drug-likeness (QED) is 0.766. The maximum Gasteiger partial charge on any atom is 0.241 e. The topological polar surface area (TPSA) is 84.1 Å². The summed E-state index contributed by atoms with van der Waals surface area (Å²) in [6, 6.07) is -0.380. The van der Waals surface area contributed by atoms with E-state index in [0.29, 0.717) is 19.0 Å². The van der Waals surface area contributed by atoms with Gasteiger partial charge in [-0.25, -0.2) is 9.97 Å². The standard InChI is InChI=1S/C9H12BrN5O/c10-6-3-13-9(14-4-6)15-2-1-12-5-7(15)8(11)16/h3-4,7,12H,1-2,5H2,(H2,11,16). The molecule has 3 N–H and O–H groups in total. The summed E-state index contributed by atoms with van der Waals surface area (Å²) in [6.07, 6.45) is 3.31. The maximum absolute atomic E-state index is 11.3. The first-order valence-electron chi connectivity index (χ1n) is 4.92. The first-order valence-corrected chi connectivity index (χ1v) is 5.72. The highest BCUT2D eigenvalue weighted by Crippen LogP contribution is 2.14. The van der Waals surface area contributed by atoms with Crippen LogP contribution in [0, 0.1) is 0 Å². The molecule has 1 aliphatic rings. The van der Waals surface area contributed by atoms with Gasteiger partial charge >= 0.3 is 0 Å². The van der Waals surface area contributed by atoms with Gasteiger partial charge in [0.1, 0.15) is 6.04 Å². The third-order valence-corrected chi connectivity index (χ3v) is 2.84. The van der Waals surface area contributed by atoms with Gasteiger partial charge in [0.05, 0.1) is 4.47 Å². The number of nitrogens with one attached hydrogen (secondary N) is 1. The molecule has 1 unspecified atom stereocenters. The van der Waals surface area contributed by atoms with Crippen LogP contribution in [0.5, 0.6) is 0 Å². The molecule has 1 fully saturated rings. The predicted molar refractivity (Wildman–Crippen MR) is 62.9 cm³/mol. The normalized spacial score (nSPS) is 20.8. The van der Waals surface area contributed by atoms with Crippen LogP contribution in [0.15, 0.2) is 16.9 Å². The molecular formula is C9H12BrN5O. The number of primary amides is 1. The maximum atomic E-state index is 11.3. The molecule has 0 spiro atoms. The number of hydrogen-bond donors (Lipinski definition) is 2. The van der Waals surface area contributed by atoms with Crippen molar-refractivity contribution in [3.8, 4) is 0 Å². The SMILES string of the molecule is NC(=O)C1CNCCN1c1ncc(Br)cn1. The number of carbonyl (C=O) groups is 1. The Balaban J connectivity index is 2.23. The molecule has 7 heteroatoms. The van der Waals surface area contributed by atoms with Crippen molar-refractivity contribution >= 4 is 27.8 Å². The van der Waals surface area contributed by atoms with Crippen molar-refractivity contribution in [3.63, 3.8) is 0 Å². The molecule has 2 rings (SSSR count). The van der Waals surface area contributed by atoms with E-state index < -0.39 is 0 Å². The van der Waals surface area contributed by atoms with Crippen LogP contribution in [-0.2, 0) is 4.79 Å². The minimum Gasteiger partial charge on any atom is -0.368 e. The zero-order chi connectivity index (χ0) is 11.5. The van der Waals surface area contributed by atoms with Gasteiger partial charge in [0.25, 0.3) is 0 Å². The summed E-state index contributed by atoms with van der Waals surface area (Å²) in [4.78, 5) is 21.4. The minimum atomic E-state index is -0.380. The summed E-state index contributed by atoms with van der Waals surface area (Å²) in [5.41, 5.74) is 5.34. The lowest BCUT2D eigenvalue weighted by molar-refractivity contribution is -0.119. The lowest BCUT2D eigenvalue weighted by Crippen LogP contribution is -2.57. The lowest BCUT2D eigenvalue weighted by Gasteiger charge is -2.33. The summed E-state index contributed by atoms with van der Waals surface area (Å²) in [6.45, 7) is 2.01. The van der Waals surface area contributed by atoms with Crippen LogP contribution in [0.25, 0.3) is 0 Å². The Bertz CT molecular complexity index is 382. The average molecular weight is 286 g/mol. The summed E-state index contributed by atoms with van der Waals surface area (Å²) in [5, 5.41) is 3.12. The average Bonchev–Trinajstić information content (AvgIpc) is 2.30. The van der Waals surface area contributed by atoms with E-state index >= 15 is 0 Å². The van der Waals surface area contributed by atoms with E-state index in [4.69, 9.17) is 5.73 Å². The van der Waals surface area contributed by atoms with Crippen molar-refractivity contribution in [1.29, 1.82) is 0 Å². The largest absolute Gasteiger partial charge is 0.368 e. The fourth-order valence-electron chi connectivity index (χ4n) is 1.65. The van der Waals surface area contributed by atoms with Crippen molar-refractivity contribution in [3.05, 3.63) is 16.9 Å². The van der Waals surface area contributed by atoms with E-state index in [2.05, 4.69) is 31.2 Å². The molecule has 6 nitrogen and oxygen atoms in total. The van der Waals surface area contributed by atoms with Gasteiger partial charge in [0.15, 0.2) is 0 Å². The lowest BCUT2D eigenvalue weighted by atomic mass is 10.2. The first kappa shape index (κ1) is 11.3. The number of piperazine rings is 1. The molecular weight excluding hydrogens is 274 g/mol. The van der Waals surface area contributed by atoms with Crippen LogP contribution in [0.1, 0.15) is 0 Å². The summed E-state index contributed by atoms with van der Waals surface area (Å²) < 4.78 is 0.807. The number of carbonyl (C=O) groups excluding carboxylic acids is 1. The molecule has 0 aliphatic carbocycles. The molecule has 0 aromatic carbocycles. The zero-order valence-electron chi connectivity index (χ0n) is 8.56. The second-order valence-electron chi connectivity index (χ2n) is 3.52. The molecule has 1 aliphatic heterocycles.